The number of carbonyl (C=O) groups excluding carboxylic acids is 2. The van der Waals surface area contributed by atoms with Gasteiger partial charge in [-0.3, -0.25) is 9.59 Å². The molecule has 3 rings (SSSR count). The van der Waals surface area contributed by atoms with E-state index < -0.39 is 11.8 Å². The predicted molar refractivity (Wildman–Crippen MR) is 116 cm³/mol. The number of likely N-dealkylation sites (N-methyl/N-ethyl adjacent to an activating group) is 2. The SMILES string of the molecule is CN1CCc2cc([C@H](CNC(=O)C(=O)NCCc3ccccc3)N(C)C)ccc21. The average molecular weight is 395 g/mol. The first-order valence-corrected chi connectivity index (χ1v) is 10.1. The van der Waals surface area contributed by atoms with E-state index in [1.54, 1.807) is 0 Å². The van der Waals surface area contributed by atoms with Gasteiger partial charge in [0.2, 0.25) is 0 Å². The smallest absolute Gasteiger partial charge is 0.309 e. The van der Waals surface area contributed by atoms with Gasteiger partial charge in [0.15, 0.2) is 0 Å². The van der Waals surface area contributed by atoms with Gasteiger partial charge in [0.1, 0.15) is 0 Å². The highest BCUT2D eigenvalue weighted by atomic mass is 16.2. The Morgan fingerprint density at radius 3 is 2.52 bits per heavy atom. The van der Waals surface area contributed by atoms with Crippen molar-refractivity contribution in [1.29, 1.82) is 0 Å². The minimum absolute atomic E-state index is 0.00674. The van der Waals surface area contributed by atoms with E-state index in [0.717, 1.165) is 24.1 Å². The Morgan fingerprint density at radius 2 is 1.79 bits per heavy atom. The summed E-state index contributed by atoms with van der Waals surface area (Å²) in [6.07, 6.45) is 1.74. The molecule has 0 aliphatic carbocycles. The molecule has 0 aromatic heterocycles. The van der Waals surface area contributed by atoms with Crippen LogP contribution < -0.4 is 15.5 Å². The van der Waals surface area contributed by atoms with Crippen molar-refractivity contribution in [2.45, 2.75) is 18.9 Å². The van der Waals surface area contributed by atoms with E-state index >= 15 is 0 Å². The lowest BCUT2D eigenvalue weighted by atomic mass is 10.0. The number of amides is 2. The average Bonchev–Trinajstić information content (AvgIpc) is 3.09. The third-order valence-corrected chi connectivity index (χ3v) is 5.44. The number of nitrogens with zero attached hydrogens (tertiary/aromatic N) is 2. The molecule has 2 amide bonds. The zero-order chi connectivity index (χ0) is 20.8. The van der Waals surface area contributed by atoms with Gasteiger partial charge in [-0.1, -0.05) is 42.5 Å². The van der Waals surface area contributed by atoms with Gasteiger partial charge in [-0.25, -0.2) is 0 Å². The van der Waals surface area contributed by atoms with Gasteiger partial charge in [0, 0.05) is 32.4 Å². The number of carbonyl (C=O) groups is 2. The van der Waals surface area contributed by atoms with Crippen molar-refractivity contribution in [3.8, 4) is 0 Å². The fourth-order valence-corrected chi connectivity index (χ4v) is 3.71. The summed E-state index contributed by atoms with van der Waals surface area (Å²) in [5.41, 5.74) is 4.88. The fraction of sp³-hybridized carbons (Fsp3) is 0.391. The summed E-state index contributed by atoms with van der Waals surface area (Å²) in [6.45, 7) is 1.85. The molecule has 6 heteroatoms. The molecule has 2 aromatic rings. The van der Waals surface area contributed by atoms with Gasteiger partial charge in [0.05, 0.1) is 6.04 Å². The number of hydrogen-bond donors (Lipinski definition) is 2. The highest BCUT2D eigenvalue weighted by Gasteiger charge is 2.22. The second-order valence-corrected chi connectivity index (χ2v) is 7.74. The van der Waals surface area contributed by atoms with E-state index in [9.17, 15) is 9.59 Å². The van der Waals surface area contributed by atoms with Crippen molar-refractivity contribution in [3.63, 3.8) is 0 Å². The highest BCUT2D eigenvalue weighted by molar-refractivity contribution is 6.35. The van der Waals surface area contributed by atoms with Crippen LogP contribution in [-0.4, -0.2) is 57.5 Å². The van der Waals surface area contributed by atoms with Crippen LogP contribution in [0.1, 0.15) is 22.7 Å². The van der Waals surface area contributed by atoms with Crippen LogP contribution in [0.2, 0.25) is 0 Å². The standard InChI is InChI=1S/C23H30N4O2/c1-26(2)21(18-9-10-20-19(15-18)12-14-27(20)3)16-25-23(29)22(28)24-13-11-17-7-5-4-6-8-17/h4-10,15,21H,11-14,16H2,1-3H3,(H,24,28)(H,25,29)/t21-/m0/s1. The van der Waals surface area contributed by atoms with Gasteiger partial charge in [-0.05, 0) is 49.7 Å². The predicted octanol–water partition coefficient (Wildman–Crippen LogP) is 1.76. The summed E-state index contributed by atoms with van der Waals surface area (Å²) in [5.74, 6) is -1.18. The first-order valence-electron chi connectivity index (χ1n) is 10.1. The molecule has 0 saturated carbocycles. The van der Waals surface area contributed by atoms with Crippen molar-refractivity contribution < 1.29 is 9.59 Å². The third kappa shape index (κ3) is 5.35. The van der Waals surface area contributed by atoms with Crippen molar-refractivity contribution in [1.82, 2.24) is 15.5 Å². The number of hydrogen-bond acceptors (Lipinski definition) is 4. The molecule has 0 fully saturated rings. The van der Waals surface area contributed by atoms with E-state index in [1.807, 2.05) is 44.4 Å². The summed E-state index contributed by atoms with van der Waals surface area (Å²) in [5, 5.41) is 5.48. The molecule has 1 heterocycles. The molecule has 1 aliphatic heterocycles. The monoisotopic (exact) mass is 394 g/mol. The zero-order valence-electron chi connectivity index (χ0n) is 17.4. The minimum Gasteiger partial charge on any atom is -0.374 e. The van der Waals surface area contributed by atoms with Crippen molar-refractivity contribution in [3.05, 3.63) is 65.2 Å². The molecule has 0 spiro atoms. The number of anilines is 1. The van der Waals surface area contributed by atoms with Crippen LogP contribution in [0.15, 0.2) is 48.5 Å². The van der Waals surface area contributed by atoms with Crippen molar-refractivity contribution >= 4 is 17.5 Å². The first kappa shape index (κ1) is 20.9. The Kier molecular flexibility index (Phi) is 6.88. The van der Waals surface area contributed by atoms with E-state index in [4.69, 9.17) is 0 Å². The van der Waals surface area contributed by atoms with E-state index in [0.29, 0.717) is 19.5 Å². The molecule has 154 valence electrons. The Hall–Kier alpha value is -2.86. The topological polar surface area (TPSA) is 64.7 Å². The summed E-state index contributed by atoms with van der Waals surface area (Å²) < 4.78 is 0. The lowest BCUT2D eigenvalue weighted by molar-refractivity contribution is -0.139. The van der Waals surface area contributed by atoms with Crippen LogP contribution in [0.3, 0.4) is 0 Å². The second-order valence-electron chi connectivity index (χ2n) is 7.74. The summed E-state index contributed by atoms with van der Waals surface area (Å²) in [7, 11) is 6.07. The van der Waals surface area contributed by atoms with Crippen LogP contribution in [-0.2, 0) is 22.4 Å². The molecular weight excluding hydrogens is 364 g/mol. The van der Waals surface area contributed by atoms with Crippen molar-refractivity contribution in [2.75, 3.05) is 45.7 Å². The zero-order valence-corrected chi connectivity index (χ0v) is 17.4. The molecule has 2 N–H and O–H groups in total. The maximum atomic E-state index is 12.2. The Morgan fingerprint density at radius 1 is 1.07 bits per heavy atom. The minimum atomic E-state index is -0.592. The molecule has 1 aliphatic rings. The van der Waals surface area contributed by atoms with Crippen molar-refractivity contribution in [2.24, 2.45) is 0 Å². The molecule has 2 aromatic carbocycles. The Labute approximate surface area is 172 Å². The quantitative estimate of drug-likeness (QED) is 0.703. The van der Waals surface area contributed by atoms with Gasteiger partial charge >= 0.3 is 11.8 Å². The van der Waals surface area contributed by atoms with Crippen LogP contribution in [0.4, 0.5) is 5.69 Å². The van der Waals surface area contributed by atoms with Crippen LogP contribution >= 0.6 is 0 Å². The molecule has 0 unspecified atom stereocenters. The van der Waals surface area contributed by atoms with Gasteiger partial charge < -0.3 is 20.4 Å². The molecule has 1 atom stereocenters. The van der Waals surface area contributed by atoms with E-state index in [-0.39, 0.29) is 6.04 Å². The molecule has 0 radical (unpaired) electrons. The van der Waals surface area contributed by atoms with Crippen LogP contribution in [0.5, 0.6) is 0 Å². The molecule has 6 nitrogen and oxygen atoms in total. The number of nitrogens with one attached hydrogen (secondary N) is 2. The summed E-state index contributed by atoms with van der Waals surface area (Å²) in [6, 6.07) is 16.4. The maximum Gasteiger partial charge on any atom is 0.309 e. The lowest BCUT2D eigenvalue weighted by Crippen LogP contribution is -2.43. The third-order valence-electron chi connectivity index (χ3n) is 5.44. The molecule has 29 heavy (non-hydrogen) atoms. The Balaban J connectivity index is 1.52. The summed E-state index contributed by atoms with van der Waals surface area (Å²) >= 11 is 0. The van der Waals surface area contributed by atoms with Gasteiger partial charge in [0.25, 0.3) is 0 Å². The maximum absolute atomic E-state index is 12.2. The van der Waals surface area contributed by atoms with Gasteiger partial charge in [-0.15, -0.1) is 0 Å². The van der Waals surface area contributed by atoms with E-state index in [1.165, 1.54) is 11.3 Å². The van der Waals surface area contributed by atoms with Gasteiger partial charge in [-0.2, -0.15) is 0 Å². The molecule has 0 bridgehead atoms. The highest BCUT2D eigenvalue weighted by Crippen LogP contribution is 2.30. The number of fused-ring (bicyclic) bond motifs is 1. The normalized spacial score (nSPS) is 13.9. The van der Waals surface area contributed by atoms with Crippen LogP contribution in [0, 0.1) is 0 Å². The second kappa shape index (κ2) is 9.56. The fourth-order valence-electron chi connectivity index (χ4n) is 3.71. The summed E-state index contributed by atoms with van der Waals surface area (Å²) in [4.78, 5) is 28.6. The van der Waals surface area contributed by atoms with Crippen LogP contribution in [0.25, 0.3) is 0 Å². The molecular formula is C23H30N4O2. The largest absolute Gasteiger partial charge is 0.374 e. The Bertz CT molecular complexity index is 851. The number of rotatable bonds is 7. The number of benzene rings is 2. The molecule has 0 saturated heterocycles. The lowest BCUT2D eigenvalue weighted by Gasteiger charge is -2.26. The first-order chi connectivity index (χ1) is 14.0. The van der Waals surface area contributed by atoms with E-state index in [2.05, 4.69) is 45.7 Å².